The van der Waals surface area contributed by atoms with Crippen molar-refractivity contribution in [2.45, 2.75) is 6.10 Å². The van der Waals surface area contributed by atoms with Crippen LogP contribution in [0.2, 0.25) is 5.02 Å². The number of anilines is 1. The first-order valence-corrected chi connectivity index (χ1v) is 7.86. The largest absolute Gasteiger partial charge is 0.485 e. The van der Waals surface area contributed by atoms with Crippen LogP contribution in [0.1, 0.15) is 0 Å². The first-order valence-electron chi connectivity index (χ1n) is 7.48. The van der Waals surface area contributed by atoms with Crippen LogP contribution in [0.4, 0.5) is 5.82 Å². The number of amides is 1. The van der Waals surface area contributed by atoms with Crippen molar-refractivity contribution in [2.24, 2.45) is 0 Å². The summed E-state index contributed by atoms with van der Waals surface area (Å²) in [6, 6.07) is 14.1. The maximum atomic E-state index is 12.5. The van der Waals surface area contributed by atoms with Crippen LogP contribution in [0.3, 0.4) is 0 Å². The number of rotatable bonds is 3. The van der Waals surface area contributed by atoms with Gasteiger partial charge in [0.1, 0.15) is 6.61 Å². The second-order valence-electron chi connectivity index (χ2n) is 5.32. The lowest BCUT2D eigenvalue weighted by Gasteiger charge is -2.25. The quantitative estimate of drug-likeness (QED) is 0.774. The fraction of sp³-hybridized carbons (Fsp3) is 0.118. The van der Waals surface area contributed by atoms with Crippen LogP contribution >= 0.6 is 11.6 Å². The second kappa shape index (κ2) is 6.45. The summed E-state index contributed by atoms with van der Waals surface area (Å²) >= 11 is 5.88. The minimum Gasteiger partial charge on any atom is -0.485 e. The molecule has 1 aliphatic heterocycles. The predicted molar refractivity (Wildman–Crippen MR) is 89.7 cm³/mol. The van der Waals surface area contributed by atoms with E-state index in [1.165, 1.54) is 0 Å². The van der Waals surface area contributed by atoms with Gasteiger partial charge in [0.15, 0.2) is 17.2 Å². The lowest BCUT2D eigenvalue weighted by atomic mass is 10.1. The van der Waals surface area contributed by atoms with Crippen molar-refractivity contribution in [2.75, 3.05) is 11.9 Å². The molecular formula is C17H12ClN3O4. The van der Waals surface area contributed by atoms with Gasteiger partial charge in [-0.25, -0.2) is 4.63 Å². The average molecular weight is 358 g/mol. The third-order valence-electron chi connectivity index (χ3n) is 3.65. The SMILES string of the molecule is O=C(Nc1nonc1-c1ccc(Cl)cc1)[C@H]1COc2ccccc2O1. The zero-order valence-electron chi connectivity index (χ0n) is 12.8. The van der Waals surface area contributed by atoms with Gasteiger partial charge in [-0.3, -0.25) is 4.79 Å². The van der Waals surface area contributed by atoms with Gasteiger partial charge in [0, 0.05) is 10.6 Å². The van der Waals surface area contributed by atoms with Crippen molar-refractivity contribution in [1.29, 1.82) is 0 Å². The maximum absolute atomic E-state index is 12.5. The second-order valence-corrected chi connectivity index (χ2v) is 5.76. The lowest BCUT2D eigenvalue weighted by molar-refractivity contribution is -0.125. The molecule has 2 aromatic carbocycles. The van der Waals surface area contributed by atoms with Crippen LogP contribution in [0.5, 0.6) is 11.5 Å². The van der Waals surface area contributed by atoms with Gasteiger partial charge in [0.05, 0.1) is 0 Å². The van der Waals surface area contributed by atoms with E-state index >= 15 is 0 Å². The summed E-state index contributed by atoms with van der Waals surface area (Å²) in [5, 5.41) is 10.8. The van der Waals surface area contributed by atoms with Crippen LogP contribution in [0.25, 0.3) is 11.3 Å². The number of nitrogens with zero attached hydrogens (tertiary/aromatic N) is 2. The molecule has 1 aliphatic rings. The first kappa shape index (κ1) is 15.5. The third-order valence-corrected chi connectivity index (χ3v) is 3.90. The Bertz CT molecular complexity index is 910. The monoisotopic (exact) mass is 357 g/mol. The van der Waals surface area contributed by atoms with Crippen molar-refractivity contribution < 1.29 is 18.9 Å². The number of aromatic nitrogens is 2. The molecule has 0 spiro atoms. The molecule has 0 aliphatic carbocycles. The Morgan fingerprint density at radius 2 is 1.84 bits per heavy atom. The van der Waals surface area contributed by atoms with E-state index in [-0.39, 0.29) is 12.4 Å². The fourth-order valence-electron chi connectivity index (χ4n) is 2.41. The van der Waals surface area contributed by atoms with Crippen LogP contribution in [0, 0.1) is 0 Å². The van der Waals surface area contributed by atoms with Crippen LogP contribution in [-0.4, -0.2) is 28.9 Å². The summed E-state index contributed by atoms with van der Waals surface area (Å²) in [7, 11) is 0. The highest BCUT2D eigenvalue weighted by Crippen LogP contribution is 2.31. The molecule has 0 bridgehead atoms. The van der Waals surface area contributed by atoms with Crippen LogP contribution < -0.4 is 14.8 Å². The molecule has 0 saturated heterocycles. The number of halogens is 1. The molecule has 126 valence electrons. The van der Waals surface area contributed by atoms with Crippen molar-refractivity contribution in [3.8, 4) is 22.8 Å². The number of para-hydroxylation sites is 2. The Balaban J connectivity index is 1.51. The molecular weight excluding hydrogens is 346 g/mol. The zero-order chi connectivity index (χ0) is 17.2. The highest BCUT2D eigenvalue weighted by molar-refractivity contribution is 6.30. The molecule has 1 amide bonds. The molecule has 8 heteroatoms. The molecule has 3 aromatic rings. The molecule has 4 rings (SSSR count). The topological polar surface area (TPSA) is 86.5 Å². The normalized spacial score (nSPS) is 15.6. The van der Waals surface area contributed by atoms with Gasteiger partial charge in [-0.1, -0.05) is 35.9 Å². The van der Waals surface area contributed by atoms with Crippen molar-refractivity contribution in [3.05, 3.63) is 53.6 Å². The van der Waals surface area contributed by atoms with E-state index in [0.717, 1.165) is 0 Å². The molecule has 0 saturated carbocycles. The van der Waals surface area contributed by atoms with Gasteiger partial charge in [-0.15, -0.1) is 0 Å². The number of nitrogens with one attached hydrogen (secondary N) is 1. The smallest absolute Gasteiger partial charge is 0.270 e. The summed E-state index contributed by atoms with van der Waals surface area (Å²) in [4.78, 5) is 12.5. The Morgan fingerprint density at radius 3 is 2.64 bits per heavy atom. The highest BCUT2D eigenvalue weighted by Gasteiger charge is 2.29. The third kappa shape index (κ3) is 3.14. The fourth-order valence-corrected chi connectivity index (χ4v) is 2.54. The van der Waals surface area contributed by atoms with Gasteiger partial charge in [0.25, 0.3) is 5.91 Å². The summed E-state index contributed by atoms with van der Waals surface area (Å²) in [6.07, 6.45) is -0.801. The summed E-state index contributed by atoms with van der Waals surface area (Å²) in [5.74, 6) is 0.928. The molecule has 1 atom stereocenters. The Hall–Kier alpha value is -3.06. The number of hydrogen-bond donors (Lipinski definition) is 1. The number of benzene rings is 2. The minimum absolute atomic E-state index is 0.102. The summed E-state index contributed by atoms with van der Waals surface area (Å²) in [5.41, 5.74) is 1.12. The van der Waals surface area contributed by atoms with E-state index in [2.05, 4.69) is 15.6 Å². The standard InChI is InChI=1S/C17H12ClN3O4/c18-11-7-5-10(6-8-11)15-16(21-25-20-15)19-17(22)14-9-23-12-3-1-2-4-13(12)24-14/h1-8,14H,9H2,(H,19,21,22)/t14-/m1/s1. The van der Waals surface area contributed by atoms with Gasteiger partial charge >= 0.3 is 0 Å². The van der Waals surface area contributed by atoms with Crippen LogP contribution in [-0.2, 0) is 4.79 Å². The average Bonchev–Trinajstić information content (AvgIpc) is 3.10. The van der Waals surface area contributed by atoms with Crippen LogP contribution in [0.15, 0.2) is 53.2 Å². The Morgan fingerprint density at radius 1 is 1.08 bits per heavy atom. The van der Waals surface area contributed by atoms with Gasteiger partial charge in [0.2, 0.25) is 11.9 Å². The summed E-state index contributed by atoms with van der Waals surface area (Å²) in [6.45, 7) is 0.102. The number of ether oxygens (including phenoxy) is 2. The highest BCUT2D eigenvalue weighted by atomic mass is 35.5. The number of carbonyl (C=O) groups excluding carboxylic acids is 1. The number of fused-ring (bicyclic) bond motifs is 1. The van der Waals surface area contributed by atoms with Crippen molar-refractivity contribution in [1.82, 2.24) is 10.3 Å². The Kier molecular flexibility index (Phi) is 3.99. The minimum atomic E-state index is -0.801. The van der Waals surface area contributed by atoms with E-state index in [0.29, 0.717) is 27.8 Å². The Labute approximate surface area is 147 Å². The molecule has 0 fully saturated rings. The van der Waals surface area contributed by atoms with Crippen molar-refractivity contribution >= 4 is 23.3 Å². The van der Waals surface area contributed by atoms with E-state index in [1.54, 1.807) is 36.4 Å². The predicted octanol–water partition coefficient (Wildman–Crippen LogP) is 3.17. The number of hydrogen-bond acceptors (Lipinski definition) is 6. The van der Waals surface area contributed by atoms with Gasteiger partial charge in [-0.05, 0) is 34.6 Å². The molecule has 1 aromatic heterocycles. The molecule has 25 heavy (non-hydrogen) atoms. The maximum Gasteiger partial charge on any atom is 0.270 e. The van der Waals surface area contributed by atoms with Gasteiger partial charge in [-0.2, -0.15) is 0 Å². The molecule has 7 nitrogen and oxygen atoms in total. The first-order chi connectivity index (χ1) is 12.2. The van der Waals surface area contributed by atoms with E-state index in [1.807, 2.05) is 12.1 Å². The number of carbonyl (C=O) groups is 1. The van der Waals surface area contributed by atoms with E-state index in [4.69, 9.17) is 25.7 Å². The molecule has 2 heterocycles. The molecule has 0 unspecified atom stereocenters. The van der Waals surface area contributed by atoms with E-state index < -0.39 is 12.0 Å². The van der Waals surface area contributed by atoms with Gasteiger partial charge < -0.3 is 14.8 Å². The van der Waals surface area contributed by atoms with E-state index in [9.17, 15) is 4.79 Å². The lowest BCUT2D eigenvalue weighted by Crippen LogP contribution is -2.40. The summed E-state index contributed by atoms with van der Waals surface area (Å²) < 4.78 is 16.0. The van der Waals surface area contributed by atoms with Crippen molar-refractivity contribution in [3.63, 3.8) is 0 Å². The molecule has 0 radical (unpaired) electrons. The molecule has 1 N–H and O–H groups in total. The zero-order valence-corrected chi connectivity index (χ0v) is 13.6.